The van der Waals surface area contributed by atoms with Crippen LogP contribution in [0.25, 0.3) is 10.9 Å². The minimum absolute atomic E-state index is 0.0465. The quantitative estimate of drug-likeness (QED) is 0.389. The molecule has 154 valence electrons. The standard InChI is InChI=1S/C22H33N3O2S/c1-3-5-11-17(4-2)16-23-20(26)14-7-6-10-15-25-21(27)18-12-8-9-13-19(18)24-22(25)28/h8-9,12-13,17H,3-7,10-11,14-16H2,1-2H3,(H,23,26)(H,24,28). The van der Waals surface area contributed by atoms with E-state index in [1.807, 2.05) is 24.3 Å². The summed E-state index contributed by atoms with van der Waals surface area (Å²) in [5.74, 6) is 0.723. The van der Waals surface area contributed by atoms with Crippen LogP contribution in [0.2, 0.25) is 0 Å². The van der Waals surface area contributed by atoms with Gasteiger partial charge in [0.05, 0.1) is 10.9 Å². The normalized spacial score (nSPS) is 12.2. The molecule has 0 saturated heterocycles. The Morgan fingerprint density at radius 2 is 1.96 bits per heavy atom. The fourth-order valence-corrected chi connectivity index (χ4v) is 3.71. The van der Waals surface area contributed by atoms with Crippen molar-refractivity contribution < 1.29 is 4.79 Å². The highest BCUT2D eigenvalue weighted by molar-refractivity contribution is 7.71. The third kappa shape index (κ3) is 6.59. The molecule has 1 atom stereocenters. The van der Waals surface area contributed by atoms with Crippen LogP contribution in [0.3, 0.4) is 0 Å². The molecule has 0 aliphatic carbocycles. The topological polar surface area (TPSA) is 66.9 Å². The number of fused-ring (bicyclic) bond motifs is 1. The van der Waals surface area contributed by atoms with Gasteiger partial charge in [-0.05, 0) is 49.5 Å². The van der Waals surface area contributed by atoms with Crippen LogP contribution in [0.5, 0.6) is 0 Å². The van der Waals surface area contributed by atoms with Gasteiger partial charge in [-0.3, -0.25) is 14.2 Å². The predicted molar refractivity (Wildman–Crippen MR) is 118 cm³/mol. The van der Waals surface area contributed by atoms with Gasteiger partial charge in [0.15, 0.2) is 4.77 Å². The van der Waals surface area contributed by atoms with Crippen molar-refractivity contribution in [1.29, 1.82) is 0 Å². The first-order valence-electron chi connectivity index (χ1n) is 10.5. The molecular weight excluding hydrogens is 370 g/mol. The first-order chi connectivity index (χ1) is 13.6. The Hall–Kier alpha value is -1.95. The molecule has 0 radical (unpaired) electrons. The number of unbranched alkanes of at least 4 members (excludes halogenated alkanes) is 3. The number of amides is 1. The van der Waals surface area contributed by atoms with Crippen molar-refractivity contribution >= 4 is 29.0 Å². The summed E-state index contributed by atoms with van der Waals surface area (Å²) in [6.45, 7) is 5.75. The Kier molecular flexibility index (Phi) is 9.41. The zero-order valence-corrected chi connectivity index (χ0v) is 17.9. The van der Waals surface area contributed by atoms with E-state index >= 15 is 0 Å². The largest absolute Gasteiger partial charge is 0.356 e. The molecule has 1 unspecified atom stereocenters. The van der Waals surface area contributed by atoms with Crippen molar-refractivity contribution in [3.05, 3.63) is 39.4 Å². The van der Waals surface area contributed by atoms with Gasteiger partial charge in [0.2, 0.25) is 5.91 Å². The number of aromatic nitrogens is 2. The predicted octanol–water partition coefficient (Wildman–Crippen LogP) is 4.95. The van der Waals surface area contributed by atoms with E-state index in [0.717, 1.165) is 37.7 Å². The zero-order valence-electron chi connectivity index (χ0n) is 17.1. The highest BCUT2D eigenvalue weighted by Gasteiger charge is 2.09. The molecule has 5 nitrogen and oxygen atoms in total. The second-order valence-electron chi connectivity index (χ2n) is 7.46. The van der Waals surface area contributed by atoms with Crippen LogP contribution in [0, 0.1) is 10.7 Å². The molecule has 1 heterocycles. The van der Waals surface area contributed by atoms with Crippen LogP contribution in [-0.2, 0) is 11.3 Å². The van der Waals surface area contributed by atoms with Gasteiger partial charge >= 0.3 is 0 Å². The number of nitrogens with zero attached hydrogens (tertiary/aromatic N) is 1. The van der Waals surface area contributed by atoms with Crippen molar-refractivity contribution in [3.8, 4) is 0 Å². The molecule has 0 fully saturated rings. The van der Waals surface area contributed by atoms with Crippen LogP contribution in [0.1, 0.15) is 65.2 Å². The molecule has 0 spiro atoms. The van der Waals surface area contributed by atoms with Crippen LogP contribution >= 0.6 is 12.2 Å². The lowest BCUT2D eigenvalue weighted by Gasteiger charge is -2.15. The third-order valence-corrected chi connectivity index (χ3v) is 5.63. The maximum Gasteiger partial charge on any atom is 0.262 e. The Morgan fingerprint density at radius 1 is 1.18 bits per heavy atom. The second-order valence-corrected chi connectivity index (χ2v) is 7.85. The first kappa shape index (κ1) is 22.3. The fraction of sp³-hybridized carbons (Fsp3) is 0.591. The van der Waals surface area contributed by atoms with Crippen LogP contribution < -0.4 is 10.9 Å². The molecular formula is C22H33N3O2S. The smallest absolute Gasteiger partial charge is 0.262 e. The number of hydrogen-bond donors (Lipinski definition) is 2. The van der Waals surface area contributed by atoms with Crippen LogP contribution in [-0.4, -0.2) is 22.0 Å². The number of carbonyl (C=O) groups is 1. The van der Waals surface area contributed by atoms with Gasteiger partial charge in [0, 0.05) is 19.5 Å². The van der Waals surface area contributed by atoms with Gasteiger partial charge < -0.3 is 10.3 Å². The lowest BCUT2D eigenvalue weighted by atomic mass is 9.99. The molecule has 0 aliphatic rings. The molecule has 1 aromatic heterocycles. The molecule has 2 aromatic rings. The summed E-state index contributed by atoms with van der Waals surface area (Å²) in [4.78, 5) is 27.7. The van der Waals surface area contributed by atoms with Crippen LogP contribution in [0.4, 0.5) is 0 Å². The van der Waals surface area contributed by atoms with Gasteiger partial charge in [-0.15, -0.1) is 0 Å². The maximum atomic E-state index is 12.6. The Bertz CT molecular complexity index is 872. The third-order valence-electron chi connectivity index (χ3n) is 5.31. The first-order valence-corrected chi connectivity index (χ1v) is 11.0. The van der Waals surface area contributed by atoms with Gasteiger partial charge in [0.25, 0.3) is 5.56 Å². The summed E-state index contributed by atoms with van der Waals surface area (Å²) in [5.41, 5.74) is 0.726. The fourth-order valence-electron chi connectivity index (χ4n) is 3.42. The Balaban J connectivity index is 1.73. The van der Waals surface area contributed by atoms with Gasteiger partial charge in [-0.1, -0.05) is 51.7 Å². The summed E-state index contributed by atoms with van der Waals surface area (Å²) in [6.07, 6.45) is 7.83. The highest BCUT2D eigenvalue weighted by Crippen LogP contribution is 2.11. The van der Waals surface area contributed by atoms with E-state index in [1.165, 1.54) is 19.3 Å². The molecule has 1 aromatic carbocycles. The summed E-state index contributed by atoms with van der Waals surface area (Å²) < 4.78 is 2.08. The van der Waals surface area contributed by atoms with Gasteiger partial charge in [-0.2, -0.15) is 0 Å². The van der Waals surface area contributed by atoms with Gasteiger partial charge in [-0.25, -0.2) is 0 Å². The van der Waals surface area contributed by atoms with E-state index in [1.54, 1.807) is 4.57 Å². The van der Waals surface area contributed by atoms with E-state index in [4.69, 9.17) is 12.2 Å². The molecule has 2 N–H and O–H groups in total. The SMILES string of the molecule is CCCCC(CC)CNC(=O)CCCCCn1c(=S)[nH]c2ccccc2c1=O. The van der Waals surface area contributed by atoms with Crippen molar-refractivity contribution in [2.45, 2.75) is 71.8 Å². The monoisotopic (exact) mass is 403 g/mol. The van der Waals surface area contributed by atoms with Crippen molar-refractivity contribution in [1.82, 2.24) is 14.9 Å². The van der Waals surface area contributed by atoms with Crippen molar-refractivity contribution in [2.75, 3.05) is 6.54 Å². The number of aromatic amines is 1. The Morgan fingerprint density at radius 3 is 2.71 bits per heavy atom. The van der Waals surface area contributed by atoms with E-state index in [2.05, 4.69) is 24.1 Å². The number of rotatable bonds is 12. The van der Waals surface area contributed by atoms with Gasteiger partial charge in [0.1, 0.15) is 0 Å². The number of carbonyl (C=O) groups excluding carboxylic acids is 1. The summed E-state index contributed by atoms with van der Waals surface area (Å²) in [5, 5.41) is 3.73. The minimum Gasteiger partial charge on any atom is -0.356 e. The molecule has 0 bridgehead atoms. The zero-order chi connectivity index (χ0) is 20.4. The lowest BCUT2D eigenvalue weighted by Crippen LogP contribution is -2.29. The summed E-state index contributed by atoms with van der Waals surface area (Å²) in [7, 11) is 0. The highest BCUT2D eigenvalue weighted by atomic mass is 32.1. The average Bonchev–Trinajstić information content (AvgIpc) is 2.70. The number of nitrogens with one attached hydrogen (secondary N) is 2. The number of para-hydroxylation sites is 1. The molecule has 28 heavy (non-hydrogen) atoms. The van der Waals surface area contributed by atoms with E-state index < -0.39 is 0 Å². The molecule has 2 rings (SSSR count). The summed E-state index contributed by atoms with van der Waals surface area (Å²) in [6, 6.07) is 7.42. The molecule has 0 aliphatic heterocycles. The minimum atomic E-state index is -0.0465. The van der Waals surface area contributed by atoms with E-state index in [-0.39, 0.29) is 11.5 Å². The van der Waals surface area contributed by atoms with E-state index in [9.17, 15) is 9.59 Å². The molecule has 6 heteroatoms. The maximum absolute atomic E-state index is 12.6. The molecule has 0 saturated carbocycles. The second kappa shape index (κ2) is 11.8. The molecule has 1 amide bonds. The van der Waals surface area contributed by atoms with Crippen molar-refractivity contribution in [3.63, 3.8) is 0 Å². The van der Waals surface area contributed by atoms with E-state index in [0.29, 0.717) is 29.0 Å². The number of benzene rings is 1. The number of H-pyrrole nitrogens is 1. The van der Waals surface area contributed by atoms with Crippen LogP contribution in [0.15, 0.2) is 29.1 Å². The Labute approximate surface area is 172 Å². The lowest BCUT2D eigenvalue weighted by molar-refractivity contribution is -0.121. The number of hydrogen-bond acceptors (Lipinski definition) is 3. The average molecular weight is 404 g/mol. The van der Waals surface area contributed by atoms with Crippen molar-refractivity contribution in [2.24, 2.45) is 5.92 Å². The summed E-state index contributed by atoms with van der Waals surface area (Å²) >= 11 is 5.33.